The molecule has 0 aliphatic heterocycles. The lowest BCUT2D eigenvalue weighted by Crippen LogP contribution is -1.97. The maximum Gasteiger partial charge on any atom is 0.0640 e. The van der Waals surface area contributed by atoms with E-state index in [9.17, 15) is 0 Å². The molecule has 3 aromatic rings. The van der Waals surface area contributed by atoms with Gasteiger partial charge in [-0.15, -0.1) is 0 Å². The predicted molar refractivity (Wildman–Crippen MR) is 111 cm³/mol. The van der Waals surface area contributed by atoms with Crippen LogP contribution in [0.15, 0.2) is 72.8 Å². The van der Waals surface area contributed by atoms with E-state index in [0.717, 1.165) is 29.2 Å². The number of nitrogens with one attached hydrogen (secondary N) is 1. The van der Waals surface area contributed by atoms with Crippen LogP contribution in [0.2, 0.25) is 5.02 Å². The number of para-hydroxylation sites is 1. The van der Waals surface area contributed by atoms with Gasteiger partial charge < -0.3 is 5.32 Å². The SMILES string of the molecule is CC.Cc1ccc(CCc2ccccc2)cc1Nc1ccccc1Cl. The van der Waals surface area contributed by atoms with Crippen LogP contribution in [0, 0.1) is 6.92 Å². The summed E-state index contributed by atoms with van der Waals surface area (Å²) in [7, 11) is 0. The van der Waals surface area contributed by atoms with Crippen LogP contribution in [0.25, 0.3) is 0 Å². The van der Waals surface area contributed by atoms with E-state index in [1.165, 1.54) is 16.7 Å². The van der Waals surface area contributed by atoms with Gasteiger partial charge in [0.05, 0.1) is 10.7 Å². The minimum Gasteiger partial charge on any atom is -0.354 e. The highest BCUT2D eigenvalue weighted by molar-refractivity contribution is 6.33. The molecule has 0 radical (unpaired) electrons. The number of halogens is 1. The topological polar surface area (TPSA) is 12.0 Å². The smallest absolute Gasteiger partial charge is 0.0640 e. The summed E-state index contributed by atoms with van der Waals surface area (Å²) in [5.41, 5.74) is 5.97. The van der Waals surface area contributed by atoms with E-state index in [-0.39, 0.29) is 0 Å². The highest BCUT2D eigenvalue weighted by Gasteiger charge is 2.04. The summed E-state index contributed by atoms with van der Waals surface area (Å²) in [5, 5.41) is 4.18. The molecule has 0 heterocycles. The molecule has 0 spiro atoms. The molecule has 0 aromatic heterocycles. The zero-order chi connectivity index (χ0) is 18.1. The second kappa shape index (κ2) is 9.90. The van der Waals surface area contributed by atoms with Gasteiger partial charge >= 0.3 is 0 Å². The van der Waals surface area contributed by atoms with E-state index >= 15 is 0 Å². The fraction of sp³-hybridized carbons (Fsp3) is 0.217. The van der Waals surface area contributed by atoms with E-state index < -0.39 is 0 Å². The lowest BCUT2D eigenvalue weighted by atomic mass is 10.0. The third kappa shape index (κ3) is 5.65. The quantitative estimate of drug-likeness (QED) is 0.512. The average molecular weight is 352 g/mol. The standard InChI is InChI=1S/C21H20ClN.C2H6/c1-16-11-12-18(14-13-17-7-3-2-4-8-17)15-21(16)23-20-10-6-5-9-19(20)22;1-2/h2-12,15,23H,13-14H2,1H3;1-2H3. The number of hydrogen-bond donors (Lipinski definition) is 1. The van der Waals surface area contributed by atoms with Crippen LogP contribution in [0.4, 0.5) is 11.4 Å². The Morgan fingerprint density at radius 2 is 1.36 bits per heavy atom. The summed E-state index contributed by atoms with van der Waals surface area (Å²) >= 11 is 6.24. The highest BCUT2D eigenvalue weighted by atomic mass is 35.5. The molecule has 25 heavy (non-hydrogen) atoms. The normalized spacial score (nSPS) is 9.92. The van der Waals surface area contributed by atoms with E-state index in [1.807, 2.05) is 38.1 Å². The average Bonchev–Trinajstić information content (AvgIpc) is 2.66. The first-order valence-electron chi connectivity index (χ1n) is 8.87. The maximum absolute atomic E-state index is 6.24. The lowest BCUT2D eigenvalue weighted by molar-refractivity contribution is 0.960. The van der Waals surface area contributed by atoms with Crippen LogP contribution >= 0.6 is 11.6 Å². The Balaban J connectivity index is 0.00000109. The molecular formula is C23H26ClN. The zero-order valence-corrected chi connectivity index (χ0v) is 16.0. The molecule has 0 aliphatic rings. The minimum absolute atomic E-state index is 0.738. The molecule has 3 rings (SSSR count). The summed E-state index contributed by atoms with van der Waals surface area (Å²) in [6.07, 6.45) is 2.08. The monoisotopic (exact) mass is 351 g/mol. The molecular weight excluding hydrogens is 326 g/mol. The van der Waals surface area contributed by atoms with Crippen molar-refractivity contribution in [2.75, 3.05) is 5.32 Å². The van der Waals surface area contributed by atoms with Gasteiger partial charge in [0.15, 0.2) is 0 Å². The van der Waals surface area contributed by atoms with Gasteiger partial charge in [-0.3, -0.25) is 0 Å². The molecule has 0 aliphatic carbocycles. The summed E-state index contributed by atoms with van der Waals surface area (Å²) in [5.74, 6) is 0. The van der Waals surface area contributed by atoms with Crippen LogP contribution in [0.5, 0.6) is 0 Å². The van der Waals surface area contributed by atoms with Crippen LogP contribution in [-0.2, 0) is 12.8 Å². The van der Waals surface area contributed by atoms with Crippen LogP contribution in [-0.4, -0.2) is 0 Å². The fourth-order valence-corrected chi connectivity index (χ4v) is 2.78. The summed E-state index contributed by atoms with van der Waals surface area (Å²) < 4.78 is 0. The molecule has 0 saturated heterocycles. The van der Waals surface area contributed by atoms with E-state index in [1.54, 1.807) is 0 Å². The van der Waals surface area contributed by atoms with Gasteiger partial charge in [0.25, 0.3) is 0 Å². The van der Waals surface area contributed by atoms with Gasteiger partial charge in [0, 0.05) is 5.69 Å². The van der Waals surface area contributed by atoms with Gasteiger partial charge in [-0.2, -0.15) is 0 Å². The maximum atomic E-state index is 6.24. The van der Waals surface area contributed by atoms with Crippen molar-refractivity contribution in [3.05, 3.63) is 94.5 Å². The van der Waals surface area contributed by atoms with Crippen LogP contribution < -0.4 is 5.32 Å². The van der Waals surface area contributed by atoms with Crippen molar-refractivity contribution < 1.29 is 0 Å². The largest absolute Gasteiger partial charge is 0.354 e. The van der Waals surface area contributed by atoms with Gasteiger partial charge in [-0.25, -0.2) is 0 Å². The Labute approximate surface area is 156 Å². The third-order valence-electron chi connectivity index (χ3n) is 3.99. The second-order valence-electron chi connectivity index (χ2n) is 5.74. The number of benzene rings is 3. The Morgan fingerprint density at radius 3 is 2.08 bits per heavy atom. The second-order valence-corrected chi connectivity index (χ2v) is 6.15. The van der Waals surface area contributed by atoms with Crippen molar-refractivity contribution in [2.24, 2.45) is 0 Å². The highest BCUT2D eigenvalue weighted by Crippen LogP contribution is 2.27. The molecule has 3 aromatic carbocycles. The van der Waals surface area contributed by atoms with Crippen molar-refractivity contribution in [3.63, 3.8) is 0 Å². The lowest BCUT2D eigenvalue weighted by Gasteiger charge is -2.13. The van der Waals surface area contributed by atoms with E-state index in [2.05, 4.69) is 60.8 Å². The number of anilines is 2. The van der Waals surface area contributed by atoms with Crippen molar-refractivity contribution in [1.29, 1.82) is 0 Å². The van der Waals surface area contributed by atoms with Crippen molar-refractivity contribution in [3.8, 4) is 0 Å². The van der Waals surface area contributed by atoms with Gasteiger partial charge in [-0.1, -0.05) is 80.0 Å². The van der Waals surface area contributed by atoms with E-state index in [0.29, 0.717) is 0 Å². The fourth-order valence-electron chi connectivity index (χ4n) is 2.60. The van der Waals surface area contributed by atoms with Gasteiger partial charge in [0.2, 0.25) is 0 Å². The summed E-state index contributed by atoms with van der Waals surface area (Å²) in [4.78, 5) is 0. The predicted octanol–water partition coefficient (Wildman–Crippen LogP) is 7.20. The van der Waals surface area contributed by atoms with Crippen LogP contribution in [0.3, 0.4) is 0 Å². The molecule has 0 saturated carbocycles. The molecule has 130 valence electrons. The summed E-state index contributed by atoms with van der Waals surface area (Å²) in [6, 6.07) is 25.0. The molecule has 0 unspecified atom stereocenters. The third-order valence-corrected chi connectivity index (χ3v) is 4.32. The van der Waals surface area contributed by atoms with Gasteiger partial charge in [-0.05, 0) is 54.7 Å². The molecule has 0 atom stereocenters. The Bertz CT molecular complexity index is 781. The number of rotatable bonds is 5. The Hall–Kier alpha value is -2.25. The number of hydrogen-bond acceptors (Lipinski definition) is 1. The molecule has 1 nitrogen and oxygen atoms in total. The minimum atomic E-state index is 0.738. The van der Waals surface area contributed by atoms with Crippen molar-refractivity contribution >= 4 is 23.0 Å². The zero-order valence-electron chi connectivity index (χ0n) is 15.2. The number of aryl methyl sites for hydroxylation is 3. The Kier molecular flexibility index (Phi) is 7.56. The molecule has 2 heteroatoms. The Morgan fingerprint density at radius 1 is 0.720 bits per heavy atom. The van der Waals surface area contributed by atoms with Gasteiger partial charge in [0.1, 0.15) is 0 Å². The molecule has 1 N–H and O–H groups in total. The summed E-state index contributed by atoms with van der Waals surface area (Å²) in [6.45, 7) is 6.11. The molecule has 0 amide bonds. The first-order valence-corrected chi connectivity index (χ1v) is 9.25. The first-order chi connectivity index (χ1) is 12.2. The first kappa shape index (κ1) is 19.1. The van der Waals surface area contributed by atoms with Crippen molar-refractivity contribution in [2.45, 2.75) is 33.6 Å². The van der Waals surface area contributed by atoms with Crippen molar-refractivity contribution in [1.82, 2.24) is 0 Å². The molecule has 0 bridgehead atoms. The van der Waals surface area contributed by atoms with E-state index in [4.69, 9.17) is 11.6 Å². The molecule has 0 fully saturated rings. The van der Waals surface area contributed by atoms with Crippen LogP contribution in [0.1, 0.15) is 30.5 Å².